The molecule has 1 heterocycles. The highest BCUT2D eigenvalue weighted by molar-refractivity contribution is 9.11. The van der Waals surface area contributed by atoms with Crippen LogP contribution < -0.4 is 10.9 Å². The van der Waals surface area contributed by atoms with Crippen LogP contribution in [0.4, 0.5) is 11.5 Å². The van der Waals surface area contributed by atoms with E-state index in [0.717, 1.165) is 15.7 Å². The summed E-state index contributed by atoms with van der Waals surface area (Å²) in [6.45, 7) is 2.00. The first-order chi connectivity index (χ1) is 8.09. The van der Waals surface area contributed by atoms with Crippen LogP contribution in [0.15, 0.2) is 38.3 Å². The van der Waals surface area contributed by atoms with Crippen LogP contribution in [0.3, 0.4) is 0 Å². The lowest BCUT2D eigenvalue weighted by Crippen LogP contribution is -2.10. The van der Waals surface area contributed by atoms with Crippen LogP contribution >= 0.6 is 31.9 Å². The lowest BCUT2D eigenvalue weighted by molar-refractivity contribution is 1.10. The van der Waals surface area contributed by atoms with Crippen molar-refractivity contribution in [1.82, 2.24) is 9.97 Å². The molecule has 2 N–H and O–H groups in total. The highest BCUT2D eigenvalue weighted by Crippen LogP contribution is 2.29. The number of aryl methyl sites for hydroxylation is 1. The van der Waals surface area contributed by atoms with E-state index in [-0.39, 0.29) is 5.56 Å². The molecule has 0 aliphatic heterocycles. The van der Waals surface area contributed by atoms with Gasteiger partial charge >= 0.3 is 0 Å². The minimum absolute atomic E-state index is 0.216. The first-order valence-electron chi connectivity index (χ1n) is 4.85. The van der Waals surface area contributed by atoms with E-state index in [1.54, 1.807) is 0 Å². The fraction of sp³-hybridized carbons (Fsp3) is 0.0909. The van der Waals surface area contributed by atoms with E-state index in [2.05, 4.69) is 47.1 Å². The molecule has 2 aromatic rings. The summed E-state index contributed by atoms with van der Waals surface area (Å²) in [6, 6.07) is 5.84. The highest BCUT2D eigenvalue weighted by Gasteiger charge is 2.08. The molecule has 0 unspecified atom stereocenters. The maximum Gasteiger partial charge on any atom is 0.267 e. The maximum atomic E-state index is 11.4. The van der Waals surface area contributed by atoms with Gasteiger partial charge in [-0.1, -0.05) is 12.1 Å². The number of aromatic amines is 1. The Balaban J connectivity index is 2.42. The molecule has 1 aromatic carbocycles. The predicted octanol–water partition coefficient (Wildman–Crippen LogP) is 3.35. The molecular weight excluding hydrogens is 350 g/mol. The van der Waals surface area contributed by atoms with Gasteiger partial charge in [0.05, 0.1) is 12.0 Å². The zero-order valence-corrected chi connectivity index (χ0v) is 12.1. The monoisotopic (exact) mass is 357 g/mol. The number of halogens is 2. The number of H-pyrrole nitrogens is 1. The van der Waals surface area contributed by atoms with E-state index in [9.17, 15) is 4.79 Å². The Labute approximate surface area is 115 Å². The number of aromatic nitrogens is 2. The zero-order valence-electron chi connectivity index (χ0n) is 8.92. The molecule has 0 fully saturated rings. The van der Waals surface area contributed by atoms with Gasteiger partial charge in [0, 0.05) is 4.47 Å². The van der Waals surface area contributed by atoms with Crippen molar-refractivity contribution in [3.05, 3.63) is 49.4 Å². The van der Waals surface area contributed by atoms with Crippen LogP contribution in [0.1, 0.15) is 5.56 Å². The summed E-state index contributed by atoms with van der Waals surface area (Å²) in [5.74, 6) is 0.486. The molecule has 0 spiro atoms. The summed E-state index contributed by atoms with van der Waals surface area (Å²) in [7, 11) is 0. The average Bonchev–Trinajstić information content (AvgIpc) is 2.31. The van der Waals surface area contributed by atoms with Gasteiger partial charge in [-0.2, -0.15) is 0 Å². The van der Waals surface area contributed by atoms with E-state index in [0.29, 0.717) is 10.3 Å². The van der Waals surface area contributed by atoms with Crippen molar-refractivity contribution in [2.45, 2.75) is 6.92 Å². The quantitative estimate of drug-likeness (QED) is 0.865. The van der Waals surface area contributed by atoms with Gasteiger partial charge in [0.2, 0.25) is 0 Å². The van der Waals surface area contributed by atoms with Gasteiger partial charge in [0.1, 0.15) is 4.47 Å². The lowest BCUT2D eigenvalue weighted by atomic mass is 10.2. The SMILES string of the molecule is Cc1cccc(Nc2nc[nH]c(=O)c2Br)c1Br. The van der Waals surface area contributed by atoms with E-state index in [1.165, 1.54) is 6.33 Å². The lowest BCUT2D eigenvalue weighted by Gasteiger charge is -2.10. The van der Waals surface area contributed by atoms with E-state index < -0.39 is 0 Å². The van der Waals surface area contributed by atoms with Gasteiger partial charge < -0.3 is 10.3 Å². The normalized spacial score (nSPS) is 10.3. The first-order valence-corrected chi connectivity index (χ1v) is 6.43. The van der Waals surface area contributed by atoms with Gasteiger partial charge in [-0.05, 0) is 50.4 Å². The van der Waals surface area contributed by atoms with Crippen molar-refractivity contribution in [3.63, 3.8) is 0 Å². The summed E-state index contributed by atoms with van der Waals surface area (Å²) >= 11 is 6.69. The highest BCUT2D eigenvalue weighted by atomic mass is 79.9. The summed E-state index contributed by atoms with van der Waals surface area (Å²) in [5, 5.41) is 3.10. The standard InChI is InChI=1S/C11H9Br2N3O/c1-6-3-2-4-7(8(6)12)16-10-9(13)11(17)15-5-14-10/h2-5H,1H3,(H2,14,15,16,17). The molecule has 88 valence electrons. The molecule has 0 saturated carbocycles. The molecular formula is C11H9Br2N3O. The van der Waals surface area contributed by atoms with Crippen LogP contribution in [0.2, 0.25) is 0 Å². The van der Waals surface area contributed by atoms with Crippen molar-refractivity contribution in [3.8, 4) is 0 Å². The summed E-state index contributed by atoms with van der Waals surface area (Å²) in [4.78, 5) is 17.9. The summed E-state index contributed by atoms with van der Waals surface area (Å²) in [6.07, 6.45) is 1.36. The van der Waals surface area contributed by atoms with Gasteiger partial charge in [-0.25, -0.2) is 4.98 Å². The van der Waals surface area contributed by atoms with E-state index in [1.807, 2.05) is 25.1 Å². The molecule has 1 aromatic heterocycles. The van der Waals surface area contributed by atoms with Crippen molar-refractivity contribution in [1.29, 1.82) is 0 Å². The predicted molar refractivity (Wildman–Crippen MR) is 74.7 cm³/mol. The fourth-order valence-electron chi connectivity index (χ4n) is 1.34. The third kappa shape index (κ3) is 2.58. The van der Waals surface area contributed by atoms with Crippen LogP contribution in [0.5, 0.6) is 0 Å². The van der Waals surface area contributed by atoms with Crippen LogP contribution in [0, 0.1) is 6.92 Å². The first kappa shape index (κ1) is 12.3. The molecule has 4 nitrogen and oxygen atoms in total. The number of benzene rings is 1. The molecule has 0 radical (unpaired) electrons. The molecule has 0 aliphatic rings. The Bertz CT molecular complexity index is 610. The number of anilines is 2. The molecule has 6 heteroatoms. The Morgan fingerprint density at radius 2 is 2.06 bits per heavy atom. The average molecular weight is 359 g/mol. The van der Waals surface area contributed by atoms with Crippen molar-refractivity contribution < 1.29 is 0 Å². The molecule has 0 saturated heterocycles. The molecule has 0 aliphatic carbocycles. The topological polar surface area (TPSA) is 57.8 Å². The van der Waals surface area contributed by atoms with Gasteiger partial charge in [0.15, 0.2) is 5.82 Å². The summed E-state index contributed by atoms with van der Waals surface area (Å²) < 4.78 is 1.34. The second-order valence-electron chi connectivity index (χ2n) is 3.46. The number of nitrogens with zero attached hydrogens (tertiary/aromatic N) is 1. The second-order valence-corrected chi connectivity index (χ2v) is 5.04. The number of nitrogens with one attached hydrogen (secondary N) is 2. The largest absolute Gasteiger partial charge is 0.338 e. The van der Waals surface area contributed by atoms with Crippen LogP contribution in [-0.2, 0) is 0 Å². The molecule has 2 rings (SSSR count). The van der Waals surface area contributed by atoms with E-state index in [4.69, 9.17) is 0 Å². The molecule has 0 amide bonds. The minimum Gasteiger partial charge on any atom is -0.338 e. The van der Waals surface area contributed by atoms with Gasteiger partial charge in [-0.15, -0.1) is 0 Å². The fourth-order valence-corrected chi connectivity index (χ4v) is 2.02. The smallest absolute Gasteiger partial charge is 0.267 e. The molecule has 0 bridgehead atoms. The Morgan fingerprint density at radius 1 is 1.29 bits per heavy atom. The van der Waals surface area contributed by atoms with Crippen molar-refractivity contribution in [2.75, 3.05) is 5.32 Å². The van der Waals surface area contributed by atoms with Crippen molar-refractivity contribution >= 4 is 43.4 Å². The summed E-state index contributed by atoms with van der Waals surface area (Å²) in [5.41, 5.74) is 1.76. The number of rotatable bonds is 2. The maximum absolute atomic E-state index is 11.4. The third-order valence-corrected chi connectivity index (χ3v) is 4.03. The number of hydrogen-bond acceptors (Lipinski definition) is 3. The Morgan fingerprint density at radius 3 is 2.82 bits per heavy atom. The van der Waals surface area contributed by atoms with E-state index >= 15 is 0 Å². The number of hydrogen-bond donors (Lipinski definition) is 2. The second kappa shape index (κ2) is 5.01. The van der Waals surface area contributed by atoms with Gasteiger partial charge in [0.25, 0.3) is 5.56 Å². The van der Waals surface area contributed by atoms with Crippen molar-refractivity contribution in [2.24, 2.45) is 0 Å². The zero-order chi connectivity index (χ0) is 12.4. The Hall–Kier alpha value is -1.14. The Kier molecular flexibility index (Phi) is 3.63. The molecule has 0 atom stereocenters. The van der Waals surface area contributed by atoms with Crippen LogP contribution in [0.25, 0.3) is 0 Å². The molecule has 17 heavy (non-hydrogen) atoms. The minimum atomic E-state index is -0.216. The van der Waals surface area contributed by atoms with Crippen LogP contribution in [-0.4, -0.2) is 9.97 Å². The third-order valence-electron chi connectivity index (χ3n) is 2.24. The van der Waals surface area contributed by atoms with Gasteiger partial charge in [-0.3, -0.25) is 4.79 Å².